The maximum atomic E-state index is 12.4. The van der Waals surface area contributed by atoms with Crippen LogP contribution in [0.2, 0.25) is 0 Å². The van der Waals surface area contributed by atoms with Crippen LogP contribution in [0.5, 0.6) is 5.88 Å². The maximum absolute atomic E-state index is 12.4. The zero-order valence-corrected chi connectivity index (χ0v) is 17.6. The van der Waals surface area contributed by atoms with Gasteiger partial charge >= 0.3 is 6.16 Å². The number of methoxy groups -OCH3 is 1. The lowest BCUT2D eigenvalue weighted by molar-refractivity contribution is 0.0934. The molecule has 0 unspecified atom stereocenters. The van der Waals surface area contributed by atoms with Crippen molar-refractivity contribution >= 4 is 28.0 Å². The molecule has 0 saturated heterocycles. The lowest BCUT2D eigenvalue weighted by Gasteiger charge is -2.09. The van der Waals surface area contributed by atoms with Crippen LogP contribution in [0.3, 0.4) is 0 Å². The van der Waals surface area contributed by atoms with Crippen LogP contribution < -0.4 is 14.8 Å². The van der Waals surface area contributed by atoms with Gasteiger partial charge in [0, 0.05) is 31.5 Å². The Bertz CT molecular complexity index is 1020. The molecule has 0 aliphatic heterocycles. The van der Waals surface area contributed by atoms with Crippen LogP contribution in [-0.2, 0) is 19.5 Å². The normalized spacial score (nSPS) is 10.8. The number of aromatic nitrogens is 1. The average molecular weight is 451 g/mol. The van der Waals surface area contributed by atoms with E-state index in [0.29, 0.717) is 13.2 Å². The number of nitrogens with zero attached hydrogens (tertiary/aromatic N) is 1. The predicted octanol–water partition coefficient (Wildman–Crippen LogP) is 1.11. The zero-order chi connectivity index (χ0) is 22.9. The molecule has 0 fully saturated rings. The quantitative estimate of drug-likeness (QED) is 0.422. The monoisotopic (exact) mass is 451 g/mol. The summed E-state index contributed by atoms with van der Waals surface area (Å²) in [7, 11) is -2.69. The molecule has 31 heavy (non-hydrogen) atoms. The third-order valence-electron chi connectivity index (χ3n) is 3.69. The van der Waals surface area contributed by atoms with Gasteiger partial charge in [0.2, 0.25) is 5.88 Å². The summed E-state index contributed by atoms with van der Waals surface area (Å²) in [6.07, 6.45) is 0.0953. The number of pyridine rings is 1. The number of nitrogens with one attached hydrogen (secondary N) is 2. The van der Waals surface area contributed by atoms with Gasteiger partial charge in [-0.15, -0.1) is 0 Å². The molecule has 2 rings (SSSR count). The van der Waals surface area contributed by atoms with Crippen molar-refractivity contribution in [1.29, 1.82) is 0 Å². The third kappa shape index (κ3) is 7.04. The van der Waals surface area contributed by atoms with Crippen molar-refractivity contribution in [3.63, 3.8) is 0 Å². The van der Waals surface area contributed by atoms with Gasteiger partial charge in [-0.25, -0.2) is 22.9 Å². The van der Waals surface area contributed by atoms with Gasteiger partial charge in [-0.3, -0.25) is 9.59 Å². The minimum Gasteiger partial charge on any atom is -0.434 e. The van der Waals surface area contributed by atoms with Crippen molar-refractivity contribution in [2.45, 2.75) is 11.8 Å². The van der Waals surface area contributed by atoms with Gasteiger partial charge in [-0.2, -0.15) is 0 Å². The average Bonchev–Trinajstić information content (AvgIpc) is 2.74. The molecule has 0 atom stereocenters. The number of ether oxygens (including phenoxy) is 3. The Kier molecular flexibility index (Phi) is 8.46. The molecule has 2 amide bonds. The first-order valence-electron chi connectivity index (χ1n) is 9.02. The Hall–Kier alpha value is -3.51. The Morgan fingerprint density at radius 2 is 1.68 bits per heavy atom. The van der Waals surface area contributed by atoms with Gasteiger partial charge in [0.05, 0.1) is 23.7 Å². The molecule has 1 aromatic heterocycles. The molecular formula is C19H21N3O8S. The van der Waals surface area contributed by atoms with Crippen molar-refractivity contribution < 1.29 is 37.0 Å². The molecule has 0 saturated carbocycles. The Labute approximate surface area is 178 Å². The standard InChI is InChI=1S/C19H21N3O8S/c1-3-29-19(25)30-16-9-6-14(12-21-16)18(24)22-31(26,27)15-7-4-13(5-8-15)17(23)20-10-11-28-2/h4-9,12H,3,10-11H2,1-2H3,(H,20,23)(H,22,24). The highest BCUT2D eigenvalue weighted by Crippen LogP contribution is 2.13. The summed E-state index contributed by atoms with van der Waals surface area (Å²) in [5.74, 6) is -1.44. The van der Waals surface area contributed by atoms with Crippen LogP contribution in [0, 0.1) is 0 Å². The maximum Gasteiger partial charge on any atom is 0.515 e. The summed E-state index contributed by atoms with van der Waals surface area (Å²) in [4.78, 5) is 39.0. The van der Waals surface area contributed by atoms with Gasteiger partial charge in [0.15, 0.2) is 0 Å². The van der Waals surface area contributed by atoms with Gasteiger partial charge in [-0.05, 0) is 37.3 Å². The number of hydrogen-bond acceptors (Lipinski definition) is 9. The van der Waals surface area contributed by atoms with E-state index in [1.54, 1.807) is 6.92 Å². The number of hydrogen-bond donors (Lipinski definition) is 2. The molecule has 0 spiro atoms. The lowest BCUT2D eigenvalue weighted by Crippen LogP contribution is -2.31. The predicted molar refractivity (Wildman–Crippen MR) is 107 cm³/mol. The minimum absolute atomic E-state index is 0.0751. The fraction of sp³-hybridized carbons (Fsp3) is 0.263. The number of carbonyl (C=O) groups excluding carboxylic acids is 3. The number of sulfonamides is 1. The Balaban J connectivity index is 2.02. The molecule has 2 aromatic rings. The molecule has 11 nitrogen and oxygen atoms in total. The van der Waals surface area contributed by atoms with E-state index in [2.05, 4.69) is 15.0 Å². The molecule has 0 radical (unpaired) electrons. The Morgan fingerprint density at radius 1 is 1.00 bits per heavy atom. The highest BCUT2D eigenvalue weighted by Gasteiger charge is 2.20. The van der Waals surface area contributed by atoms with E-state index in [-0.39, 0.29) is 34.4 Å². The first-order valence-corrected chi connectivity index (χ1v) is 10.5. The SMILES string of the molecule is CCOC(=O)Oc1ccc(C(=O)NS(=O)(=O)c2ccc(C(=O)NCCOC)cc2)cn1. The molecule has 1 aromatic carbocycles. The third-order valence-corrected chi connectivity index (χ3v) is 5.04. The first-order chi connectivity index (χ1) is 14.8. The lowest BCUT2D eigenvalue weighted by atomic mass is 10.2. The largest absolute Gasteiger partial charge is 0.515 e. The summed E-state index contributed by atoms with van der Waals surface area (Å²) in [6, 6.07) is 7.51. The molecule has 0 bridgehead atoms. The highest BCUT2D eigenvalue weighted by molar-refractivity contribution is 7.90. The van der Waals surface area contributed by atoms with Gasteiger partial charge in [0.25, 0.3) is 21.8 Å². The first kappa shape index (κ1) is 23.8. The van der Waals surface area contributed by atoms with Crippen molar-refractivity contribution in [2.24, 2.45) is 0 Å². The van der Waals surface area contributed by atoms with Crippen molar-refractivity contribution in [3.8, 4) is 5.88 Å². The van der Waals surface area contributed by atoms with Crippen LogP contribution in [0.15, 0.2) is 47.5 Å². The van der Waals surface area contributed by atoms with Crippen molar-refractivity contribution in [3.05, 3.63) is 53.7 Å². The summed E-state index contributed by atoms with van der Waals surface area (Å²) in [5.41, 5.74) is 0.177. The van der Waals surface area contributed by atoms with Crippen molar-refractivity contribution in [1.82, 2.24) is 15.0 Å². The van der Waals surface area contributed by atoms with Crippen LogP contribution in [0.4, 0.5) is 4.79 Å². The van der Waals surface area contributed by atoms with E-state index >= 15 is 0 Å². The van der Waals surface area contributed by atoms with Gasteiger partial charge in [-0.1, -0.05) is 0 Å². The smallest absolute Gasteiger partial charge is 0.434 e. The van der Waals surface area contributed by atoms with E-state index in [9.17, 15) is 22.8 Å². The highest BCUT2D eigenvalue weighted by atomic mass is 32.2. The molecule has 166 valence electrons. The van der Waals surface area contributed by atoms with Gasteiger partial charge in [0.1, 0.15) is 0 Å². The van der Waals surface area contributed by atoms with E-state index in [0.717, 1.165) is 6.20 Å². The summed E-state index contributed by atoms with van der Waals surface area (Å²) < 4.78 is 41.0. The number of benzene rings is 1. The molecule has 2 N–H and O–H groups in total. The minimum atomic E-state index is -4.19. The van der Waals surface area contributed by atoms with Crippen LogP contribution in [0.1, 0.15) is 27.6 Å². The zero-order valence-electron chi connectivity index (χ0n) is 16.8. The van der Waals surface area contributed by atoms with E-state index < -0.39 is 22.1 Å². The second kappa shape index (κ2) is 11.0. The van der Waals surface area contributed by atoms with E-state index in [1.807, 2.05) is 4.72 Å². The molecular weight excluding hydrogens is 430 g/mol. The fourth-order valence-corrected chi connectivity index (χ4v) is 3.18. The van der Waals surface area contributed by atoms with Crippen LogP contribution >= 0.6 is 0 Å². The van der Waals surface area contributed by atoms with Crippen LogP contribution in [-0.4, -0.2) is 58.2 Å². The second-order valence-electron chi connectivity index (χ2n) is 5.88. The molecule has 0 aliphatic carbocycles. The molecule has 0 aliphatic rings. The van der Waals surface area contributed by atoms with E-state index in [1.165, 1.54) is 43.5 Å². The topological polar surface area (TPSA) is 150 Å². The summed E-state index contributed by atoms with van der Waals surface area (Å²) in [5, 5.41) is 2.61. The number of carbonyl (C=O) groups is 3. The van der Waals surface area contributed by atoms with Gasteiger partial charge < -0.3 is 19.5 Å². The molecule has 12 heteroatoms. The summed E-state index contributed by atoms with van der Waals surface area (Å²) >= 11 is 0. The van der Waals surface area contributed by atoms with Crippen LogP contribution in [0.25, 0.3) is 0 Å². The van der Waals surface area contributed by atoms with E-state index in [4.69, 9.17) is 9.47 Å². The summed E-state index contributed by atoms with van der Waals surface area (Å²) in [6.45, 7) is 2.38. The second-order valence-corrected chi connectivity index (χ2v) is 7.56. The molecule has 1 heterocycles. The fourth-order valence-electron chi connectivity index (χ4n) is 2.20. The van der Waals surface area contributed by atoms with Crippen molar-refractivity contribution in [2.75, 3.05) is 26.9 Å². The Morgan fingerprint density at radius 3 is 2.26 bits per heavy atom. The number of rotatable bonds is 9. The number of amides is 2.